The van der Waals surface area contributed by atoms with Gasteiger partial charge in [0.1, 0.15) is 5.75 Å². The lowest BCUT2D eigenvalue weighted by Gasteiger charge is -2.22. The number of hydrogen-bond donors (Lipinski definition) is 1. The Kier molecular flexibility index (Phi) is 6.49. The molecule has 0 bridgehead atoms. The van der Waals surface area contributed by atoms with Gasteiger partial charge in [-0.15, -0.1) is 5.10 Å². The van der Waals surface area contributed by atoms with E-state index in [9.17, 15) is 4.79 Å². The summed E-state index contributed by atoms with van der Waals surface area (Å²) in [6, 6.07) is 8.03. The number of amides is 1. The summed E-state index contributed by atoms with van der Waals surface area (Å²) in [4.78, 5) is 12.5. The molecular weight excluding hydrogens is 350 g/mol. The number of methoxy groups -OCH3 is 1. The maximum atomic E-state index is 12.5. The number of ether oxygens (including phenoxy) is 1. The van der Waals surface area contributed by atoms with Gasteiger partial charge >= 0.3 is 0 Å². The molecule has 140 valence electrons. The van der Waals surface area contributed by atoms with E-state index in [1.165, 1.54) is 31.0 Å². The fraction of sp³-hybridized carbons (Fsp3) is 0.556. The fourth-order valence-electron chi connectivity index (χ4n) is 3.20. The number of para-hydroxylation sites is 1. The van der Waals surface area contributed by atoms with E-state index in [-0.39, 0.29) is 11.2 Å². The molecule has 0 aliphatic heterocycles. The third-order valence-corrected chi connectivity index (χ3v) is 5.73. The van der Waals surface area contributed by atoms with Crippen LogP contribution in [0.15, 0.2) is 29.4 Å². The average molecular weight is 375 g/mol. The van der Waals surface area contributed by atoms with E-state index >= 15 is 0 Å². The largest absolute Gasteiger partial charge is 0.496 e. The molecule has 1 N–H and O–H groups in total. The van der Waals surface area contributed by atoms with Crippen LogP contribution in [-0.2, 0) is 11.3 Å². The maximum Gasteiger partial charge on any atom is 0.233 e. The van der Waals surface area contributed by atoms with Crippen LogP contribution >= 0.6 is 11.8 Å². The zero-order chi connectivity index (χ0) is 18.4. The number of aromatic nitrogens is 4. The normalized spacial score (nSPS) is 16.2. The highest BCUT2D eigenvalue weighted by Crippen LogP contribution is 2.31. The molecule has 1 fully saturated rings. The number of benzene rings is 1. The molecule has 1 aromatic carbocycles. The number of carbonyl (C=O) groups excluding carboxylic acids is 1. The lowest BCUT2D eigenvalue weighted by atomic mass is 9.96. The molecule has 1 amide bonds. The predicted octanol–water partition coefficient (Wildman–Crippen LogP) is 2.98. The van der Waals surface area contributed by atoms with Gasteiger partial charge in [-0.05, 0) is 36.3 Å². The van der Waals surface area contributed by atoms with Crippen LogP contribution in [0.1, 0.15) is 50.6 Å². The van der Waals surface area contributed by atoms with Gasteiger partial charge in [-0.1, -0.05) is 49.2 Å². The third kappa shape index (κ3) is 4.55. The second-order valence-corrected chi connectivity index (χ2v) is 7.80. The number of nitrogens with one attached hydrogen (secondary N) is 1. The second kappa shape index (κ2) is 9.02. The summed E-state index contributed by atoms with van der Waals surface area (Å²) in [5, 5.41) is 15.5. The number of rotatable bonds is 7. The first-order chi connectivity index (χ1) is 12.7. The standard InChI is InChI=1S/C18H25N5O2S/c1-13(17(24)19-12-14-8-6-7-11-16(14)25-2)26-18-20-21-22-23(18)15-9-4-3-5-10-15/h6-8,11,13,15H,3-5,9-10,12H2,1-2H3,(H,19,24). The van der Waals surface area contributed by atoms with Gasteiger partial charge in [0, 0.05) is 12.1 Å². The van der Waals surface area contributed by atoms with Gasteiger partial charge in [0.15, 0.2) is 0 Å². The molecule has 7 nitrogen and oxygen atoms in total. The van der Waals surface area contributed by atoms with E-state index in [1.807, 2.05) is 35.9 Å². The van der Waals surface area contributed by atoms with Crippen LogP contribution in [0.3, 0.4) is 0 Å². The number of hydrogen-bond acceptors (Lipinski definition) is 6. The molecule has 0 radical (unpaired) electrons. The minimum absolute atomic E-state index is 0.0425. The van der Waals surface area contributed by atoms with Crippen LogP contribution in [0, 0.1) is 0 Å². The van der Waals surface area contributed by atoms with E-state index in [0.29, 0.717) is 12.6 Å². The predicted molar refractivity (Wildman–Crippen MR) is 100 cm³/mol. The highest BCUT2D eigenvalue weighted by molar-refractivity contribution is 8.00. The molecule has 1 saturated carbocycles. The minimum Gasteiger partial charge on any atom is -0.496 e. The van der Waals surface area contributed by atoms with E-state index in [2.05, 4.69) is 20.8 Å². The van der Waals surface area contributed by atoms with Gasteiger partial charge in [-0.3, -0.25) is 4.79 Å². The molecule has 0 spiro atoms. The minimum atomic E-state index is -0.280. The van der Waals surface area contributed by atoms with Crippen molar-refractivity contribution in [3.8, 4) is 5.75 Å². The monoisotopic (exact) mass is 375 g/mol. The van der Waals surface area contributed by atoms with E-state index < -0.39 is 0 Å². The Morgan fingerprint density at radius 2 is 2.12 bits per heavy atom. The van der Waals surface area contributed by atoms with Crippen LogP contribution in [-0.4, -0.2) is 38.5 Å². The Bertz CT molecular complexity index is 730. The molecule has 1 aliphatic rings. The van der Waals surface area contributed by atoms with Gasteiger partial charge in [0.2, 0.25) is 11.1 Å². The fourth-order valence-corrected chi connectivity index (χ4v) is 4.09. The quantitative estimate of drug-likeness (QED) is 0.749. The third-order valence-electron chi connectivity index (χ3n) is 4.68. The van der Waals surface area contributed by atoms with Crippen molar-refractivity contribution in [2.75, 3.05) is 7.11 Å². The number of tetrazole rings is 1. The zero-order valence-electron chi connectivity index (χ0n) is 15.2. The molecular formula is C18H25N5O2S. The summed E-state index contributed by atoms with van der Waals surface area (Å²) in [6.45, 7) is 2.31. The second-order valence-electron chi connectivity index (χ2n) is 6.49. The molecule has 1 atom stereocenters. The molecule has 0 saturated heterocycles. The summed E-state index contributed by atoms with van der Waals surface area (Å²) < 4.78 is 7.22. The van der Waals surface area contributed by atoms with Crippen LogP contribution in [0.4, 0.5) is 0 Å². The van der Waals surface area contributed by atoms with Crippen molar-refractivity contribution >= 4 is 17.7 Å². The number of nitrogens with zero attached hydrogens (tertiary/aromatic N) is 4. The summed E-state index contributed by atoms with van der Waals surface area (Å²) >= 11 is 1.41. The van der Waals surface area contributed by atoms with Gasteiger partial charge in [0.05, 0.1) is 18.4 Å². The summed E-state index contributed by atoms with van der Waals surface area (Å²) in [5.41, 5.74) is 0.951. The van der Waals surface area contributed by atoms with E-state index in [1.54, 1.807) is 7.11 Å². The molecule has 1 aromatic heterocycles. The lowest BCUT2D eigenvalue weighted by Crippen LogP contribution is -2.31. The van der Waals surface area contributed by atoms with Gasteiger partial charge in [-0.25, -0.2) is 4.68 Å². The molecule has 1 unspecified atom stereocenters. The van der Waals surface area contributed by atoms with E-state index in [4.69, 9.17) is 4.74 Å². The molecule has 1 heterocycles. The first kappa shape index (κ1) is 18.7. The van der Waals surface area contributed by atoms with Gasteiger partial charge in [-0.2, -0.15) is 0 Å². The van der Waals surface area contributed by atoms with Crippen molar-refractivity contribution in [3.63, 3.8) is 0 Å². The number of thioether (sulfide) groups is 1. The van der Waals surface area contributed by atoms with E-state index in [0.717, 1.165) is 29.3 Å². The van der Waals surface area contributed by atoms with Crippen molar-refractivity contribution in [1.82, 2.24) is 25.5 Å². The SMILES string of the molecule is COc1ccccc1CNC(=O)C(C)Sc1nnnn1C1CCCCC1. The average Bonchev–Trinajstić information content (AvgIpc) is 3.15. The van der Waals surface area contributed by atoms with Crippen LogP contribution < -0.4 is 10.1 Å². The van der Waals surface area contributed by atoms with Crippen molar-refractivity contribution < 1.29 is 9.53 Å². The van der Waals surface area contributed by atoms with Crippen LogP contribution in [0.25, 0.3) is 0 Å². The zero-order valence-corrected chi connectivity index (χ0v) is 16.0. The Morgan fingerprint density at radius 3 is 2.88 bits per heavy atom. The molecule has 2 aromatic rings. The van der Waals surface area contributed by atoms with Crippen molar-refractivity contribution in [3.05, 3.63) is 29.8 Å². The van der Waals surface area contributed by atoms with Gasteiger partial charge in [0.25, 0.3) is 0 Å². The summed E-state index contributed by atoms with van der Waals surface area (Å²) in [7, 11) is 1.63. The van der Waals surface area contributed by atoms with Crippen molar-refractivity contribution in [2.24, 2.45) is 0 Å². The first-order valence-corrected chi connectivity index (χ1v) is 9.91. The summed E-state index contributed by atoms with van der Waals surface area (Å²) in [6.07, 6.45) is 5.91. The molecule has 1 aliphatic carbocycles. The van der Waals surface area contributed by atoms with Gasteiger partial charge < -0.3 is 10.1 Å². The maximum absolute atomic E-state index is 12.5. The number of carbonyl (C=O) groups is 1. The lowest BCUT2D eigenvalue weighted by molar-refractivity contribution is -0.120. The topological polar surface area (TPSA) is 81.9 Å². The van der Waals surface area contributed by atoms with Crippen molar-refractivity contribution in [2.45, 2.75) is 62.0 Å². The highest BCUT2D eigenvalue weighted by atomic mass is 32.2. The van der Waals surface area contributed by atoms with Crippen LogP contribution in [0.2, 0.25) is 0 Å². The first-order valence-electron chi connectivity index (χ1n) is 9.03. The van der Waals surface area contributed by atoms with Crippen molar-refractivity contribution in [1.29, 1.82) is 0 Å². The Morgan fingerprint density at radius 1 is 1.35 bits per heavy atom. The Labute approximate surface area is 157 Å². The van der Waals surface area contributed by atoms with Crippen LogP contribution in [0.5, 0.6) is 5.75 Å². The molecule has 8 heteroatoms. The molecule has 3 rings (SSSR count). The smallest absolute Gasteiger partial charge is 0.233 e. The summed E-state index contributed by atoms with van der Waals surface area (Å²) in [5.74, 6) is 0.730. The molecule has 26 heavy (non-hydrogen) atoms. The Hall–Kier alpha value is -2.09. The Balaban J connectivity index is 1.57. The highest BCUT2D eigenvalue weighted by Gasteiger charge is 2.23.